The molecule has 5 nitrogen and oxygen atoms in total. The van der Waals surface area contributed by atoms with E-state index in [1.165, 1.54) is 25.7 Å². The van der Waals surface area contributed by atoms with Crippen molar-refractivity contribution >= 4 is 5.96 Å². The molecule has 1 aromatic heterocycles. The second kappa shape index (κ2) is 9.50. The van der Waals surface area contributed by atoms with Crippen molar-refractivity contribution < 1.29 is 4.74 Å². The Labute approximate surface area is 139 Å². The lowest BCUT2D eigenvalue weighted by atomic mass is 9.83. The fourth-order valence-electron chi connectivity index (χ4n) is 3.24. The Morgan fingerprint density at radius 1 is 1.30 bits per heavy atom. The molecule has 0 aromatic carbocycles. The van der Waals surface area contributed by atoms with Gasteiger partial charge >= 0.3 is 0 Å². The predicted molar refractivity (Wildman–Crippen MR) is 94.4 cm³/mol. The topological polar surface area (TPSA) is 58.5 Å². The second-order valence-corrected chi connectivity index (χ2v) is 6.25. The molecular formula is C18H30N4O. The minimum Gasteiger partial charge on any atom is -0.382 e. The van der Waals surface area contributed by atoms with E-state index in [1.54, 1.807) is 0 Å². The van der Waals surface area contributed by atoms with Crippen molar-refractivity contribution in [2.24, 2.45) is 10.4 Å². The van der Waals surface area contributed by atoms with Crippen LogP contribution in [0.25, 0.3) is 0 Å². The monoisotopic (exact) mass is 318 g/mol. The van der Waals surface area contributed by atoms with Gasteiger partial charge in [0.05, 0.1) is 12.2 Å². The van der Waals surface area contributed by atoms with Crippen molar-refractivity contribution in [1.29, 1.82) is 0 Å². The molecule has 0 spiro atoms. The van der Waals surface area contributed by atoms with E-state index in [9.17, 15) is 0 Å². The van der Waals surface area contributed by atoms with E-state index in [2.05, 4.69) is 27.5 Å². The lowest BCUT2D eigenvalue weighted by Crippen LogP contribution is -2.43. The summed E-state index contributed by atoms with van der Waals surface area (Å²) in [5.41, 5.74) is 1.38. The zero-order valence-electron chi connectivity index (χ0n) is 14.5. The first kappa shape index (κ1) is 17.7. The summed E-state index contributed by atoms with van der Waals surface area (Å²) in [7, 11) is 1.81. The van der Waals surface area contributed by atoms with Gasteiger partial charge in [0.15, 0.2) is 5.96 Å². The lowest BCUT2D eigenvalue weighted by molar-refractivity contribution is 0.105. The average molecular weight is 318 g/mol. The van der Waals surface area contributed by atoms with E-state index in [-0.39, 0.29) is 0 Å². The first-order chi connectivity index (χ1) is 11.3. The molecule has 128 valence electrons. The van der Waals surface area contributed by atoms with Gasteiger partial charge in [-0.15, -0.1) is 0 Å². The maximum absolute atomic E-state index is 5.58. The van der Waals surface area contributed by atoms with Gasteiger partial charge in [-0.1, -0.05) is 18.9 Å². The number of nitrogens with zero attached hydrogens (tertiary/aromatic N) is 2. The highest BCUT2D eigenvalue weighted by Gasteiger charge is 2.33. The van der Waals surface area contributed by atoms with Crippen LogP contribution >= 0.6 is 0 Å². The van der Waals surface area contributed by atoms with Crippen LogP contribution in [0.1, 0.15) is 44.7 Å². The van der Waals surface area contributed by atoms with Crippen LogP contribution in [0.15, 0.2) is 29.4 Å². The summed E-state index contributed by atoms with van der Waals surface area (Å²) in [4.78, 5) is 8.65. The summed E-state index contributed by atoms with van der Waals surface area (Å²) < 4.78 is 5.58. The second-order valence-electron chi connectivity index (χ2n) is 6.25. The number of pyridine rings is 1. The normalized spacial score (nSPS) is 17.2. The Bertz CT molecular complexity index is 469. The van der Waals surface area contributed by atoms with Crippen LogP contribution in [-0.2, 0) is 11.3 Å². The third-order valence-electron chi connectivity index (χ3n) is 4.66. The van der Waals surface area contributed by atoms with Crippen LogP contribution in [0.2, 0.25) is 0 Å². The molecule has 1 fully saturated rings. The molecule has 0 aliphatic heterocycles. The van der Waals surface area contributed by atoms with Gasteiger partial charge in [-0.25, -0.2) is 0 Å². The van der Waals surface area contributed by atoms with Gasteiger partial charge < -0.3 is 15.4 Å². The van der Waals surface area contributed by atoms with Gasteiger partial charge in [0.2, 0.25) is 0 Å². The Morgan fingerprint density at radius 3 is 2.78 bits per heavy atom. The molecule has 1 aromatic rings. The molecule has 1 aliphatic rings. The van der Waals surface area contributed by atoms with Crippen LogP contribution < -0.4 is 10.6 Å². The van der Waals surface area contributed by atoms with Crippen LogP contribution in [0, 0.1) is 5.41 Å². The molecular weight excluding hydrogens is 288 g/mol. The maximum atomic E-state index is 5.58. The first-order valence-electron chi connectivity index (χ1n) is 8.70. The SMILES string of the molecule is CCOCCC1(CNC(=NC)NCc2ccccn2)CCCC1. The zero-order valence-corrected chi connectivity index (χ0v) is 14.5. The molecule has 0 radical (unpaired) electrons. The Kier molecular flexibility index (Phi) is 7.33. The Morgan fingerprint density at radius 2 is 2.13 bits per heavy atom. The highest BCUT2D eigenvalue weighted by Crippen LogP contribution is 2.40. The maximum Gasteiger partial charge on any atom is 0.191 e. The molecule has 23 heavy (non-hydrogen) atoms. The summed E-state index contributed by atoms with van der Waals surface area (Å²) in [5.74, 6) is 0.846. The number of nitrogens with one attached hydrogen (secondary N) is 2. The third kappa shape index (κ3) is 5.82. The minimum absolute atomic E-state index is 0.359. The summed E-state index contributed by atoms with van der Waals surface area (Å²) >= 11 is 0. The van der Waals surface area contributed by atoms with E-state index >= 15 is 0 Å². The van der Waals surface area contributed by atoms with Crippen LogP contribution in [0.3, 0.4) is 0 Å². The standard InChI is InChI=1S/C18H30N4O/c1-3-23-13-11-18(9-5-6-10-18)15-22-17(19-2)21-14-16-8-4-7-12-20-16/h4,7-8,12H,3,5-6,9-11,13-15H2,1-2H3,(H2,19,21,22). The molecule has 1 saturated carbocycles. The fraction of sp³-hybridized carbons (Fsp3) is 0.667. The van der Waals surface area contributed by atoms with Crippen LogP contribution in [0.5, 0.6) is 0 Å². The molecule has 0 unspecified atom stereocenters. The fourth-order valence-corrected chi connectivity index (χ4v) is 3.24. The molecule has 2 N–H and O–H groups in total. The van der Waals surface area contributed by atoms with Crippen molar-refractivity contribution in [3.8, 4) is 0 Å². The summed E-state index contributed by atoms with van der Waals surface area (Å²) in [5, 5.41) is 6.84. The smallest absolute Gasteiger partial charge is 0.191 e. The summed E-state index contributed by atoms with van der Waals surface area (Å²) in [6.45, 7) is 5.37. The first-order valence-corrected chi connectivity index (χ1v) is 8.70. The van der Waals surface area contributed by atoms with Crippen molar-refractivity contribution in [2.45, 2.75) is 45.6 Å². The molecule has 0 amide bonds. The number of guanidine groups is 1. The van der Waals surface area contributed by atoms with Crippen LogP contribution in [-0.4, -0.2) is 37.7 Å². The highest BCUT2D eigenvalue weighted by molar-refractivity contribution is 5.79. The Hall–Kier alpha value is -1.62. The van der Waals surface area contributed by atoms with Gasteiger partial charge in [0.25, 0.3) is 0 Å². The number of hydrogen-bond donors (Lipinski definition) is 2. The number of hydrogen-bond acceptors (Lipinski definition) is 3. The van der Waals surface area contributed by atoms with Gasteiger partial charge in [-0.2, -0.15) is 0 Å². The molecule has 5 heteroatoms. The van der Waals surface area contributed by atoms with Gasteiger partial charge in [-0.05, 0) is 43.7 Å². The van der Waals surface area contributed by atoms with E-state index < -0.39 is 0 Å². The third-order valence-corrected chi connectivity index (χ3v) is 4.66. The number of aromatic nitrogens is 1. The van der Waals surface area contributed by atoms with E-state index in [4.69, 9.17) is 4.74 Å². The molecule has 2 rings (SSSR count). The van der Waals surface area contributed by atoms with Gasteiger partial charge in [0.1, 0.15) is 0 Å². The van der Waals surface area contributed by atoms with E-state index in [1.807, 2.05) is 31.4 Å². The Balaban J connectivity index is 1.80. The molecule has 0 saturated heterocycles. The molecule has 0 bridgehead atoms. The number of ether oxygens (including phenoxy) is 1. The summed E-state index contributed by atoms with van der Waals surface area (Å²) in [6.07, 6.45) is 8.16. The van der Waals surface area contributed by atoms with Gasteiger partial charge in [-0.3, -0.25) is 9.98 Å². The van der Waals surface area contributed by atoms with Crippen molar-refractivity contribution in [1.82, 2.24) is 15.6 Å². The van der Waals surface area contributed by atoms with Crippen LogP contribution in [0.4, 0.5) is 0 Å². The zero-order chi connectivity index (χ0) is 16.4. The van der Waals surface area contributed by atoms with E-state index in [0.29, 0.717) is 12.0 Å². The van der Waals surface area contributed by atoms with E-state index in [0.717, 1.165) is 37.8 Å². The number of aliphatic imine (C=N–C) groups is 1. The molecule has 0 atom stereocenters. The lowest BCUT2D eigenvalue weighted by Gasteiger charge is -2.30. The summed E-state index contributed by atoms with van der Waals surface area (Å²) in [6, 6.07) is 5.95. The van der Waals surface area contributed by atoms with Crippen molar-refractivity contribution in [2.75, 3.05) is 26.8 Å². The van der Waals surface area contributed by atoms with Gasteiger partial charge in [0, 0.05) is 33.0 Å². The predicted octanol–water partition coefficient (Wildman–Crippen LogP) is 2.73. The van der Waals surface area contributed by atoms with Crippen molar-refractivity contribution in [3.63, 3.8) is 0 Å². The number of rotatable bonds is 8. The largest absolute Gasteiger partial charge is 0.382 e. The average Bonchev–Trinajstić information content (AvgIpc) is 3.05. The molecule has 1 aliphatic carbocycles. The minimum atomic E-state index is 0.359. The van der Waals surface area contributed by atoms with Crippen molar-refractivity contribution in [3.05, 3.63) is 30.1 Å². The highest BCUT2D eigenvalue weighted by atomic mass is 16.5. The molecule has 1 heterocycles. The quantitative estimate of drug-likeness (QED) is 0.439.